The lowest BCUT2D eigenvalue weighted by atomic mass is 10.0. The minimum Gasteiger partial charge on any atom is -0.489 e. The Bertz CT molecular complexity index is 1340. The summed E-state index contributed by atoms with van der Waals surface area (Å²) >= 11 is 6.60. The molecule has 0 spiro atoms. The molecule has 1 saturated heterocycles. The maximum absolute atomic E-state index is 13.3. The third-order valence-electron chi connectivity index (χ3n) is 7.35. The zero-order valence-electron chi connectivity index (χ0n) is 22.8. The van der Waals surface area contributed by atoms with Crippen LogP contribution in [0.1, 0.15) is 56.6 Å². The maximum atomic E-state index is 13.3. The number of esters is 1. The second-order valence-electron chi connectivity index (χ2n) is 10.1. The number of halogens is 1. The number of anilines is 1. The highest BCUT2D eigenvalue weighted by Gasteiger charge is 2.29. The lowest BCUT2D eigenvalue weighted by Gasteiger charge is -2.36. The molecule has 0 bridgehead atoms. The zero-order valence-corrected chi connectivity index (χ0v) is 24.4. The lowest BCUT2D eigenvalue weighted by Crippen LogP contribution is -2.43. The predicted molar refractivity (Wildman–Crippen MR) is 157 cm³/mol. The number of benzene rings is 2. The minimum absolute atomic E-state index is 0.0469. The van der Waals surface area contributed by atoms with Crippen molar-refractivity contribution in [3.63, 3.8) is 0 Å². The van der Waals surface area contributed by atoms with Crippen molar-refractivity contribution in [2.45, 2.75) is 57.6 Å². The Morgan fingerprint density at radius 1 is 1.15 bits per heavy atom. The SMILES string of the molecule is CCOC(=O)CS(=O)(=O)N(C/C=C/c1cccc(C#N)c1)c1ccc(OC2CCN(C3CCCC3)CC2)c(Cl)c1. The van der Waals surface area contributed by atoms with Gasteiger partial charge in [-0.1, -0.05) is 48.7 Å². The van der Waals surface area contributed by atoms with Crippen molar-refractivity contribution in [2.24, 2.45) is 0 Å². The van der Waals surface area contributed by atoms with Crippen LogP contribution in [0.4, 0.5) is 5.69 Å². The number of rotatable bonds is 11. The standard InChI is InChI=1S/C30H36ClN3O5S/c1-2-38-30(35)22-40(36,37)34(16-6-9-23-7-5-8-24(19-23)21-32)26-12-13-29(28(31)20-26)39-27-14-17-33(18-15-27)25-10-3-4-11-25/h5-9,12-13,19-20,25,27H,2-4,10-11,14-18,22H2,1H3/b9-6+. The quantitative estimate of drug-likeness (QED) is 0.325. The molecule has 10 heteroatoms. The Kier molecular flexibility index (Phi) is 10.5. The van der Waals surface area contributed by atoms with Gasteiger partial charge in [-0.15, -0.1) is 0 Å². The molecule has 2 aliphatic rings. The topological polar surface area (TPSA) is 99.9 Å². The highest BCUT2D eigenvalue weighted by atomic mass is 35.5. The third-order valence-corrected chi connectivity index (χ3v) is 9.28. The smallest absolute Gasteiger partial charge is 0.323 e. The van der Waals surface area contributed by atoms with E-state index in [0.29, 0.717) is 28.1 Å². The van der Waals surface area contributed by atoms with E-state index in [2.05, 4.69) is 11.0 Å². The van der Waals surface area contributed by atoms with Gasteiger partial charge in [-0.25, -0.2) is 8.42 Å². The zero-order chi connectivity index (χ0) is 28.5. The summed E-state index contributed by atoms with van der Waals surface area (Å²) in [4.78, 5) is 14.7. The van der Waals surface area contributed by atoms with E-state index in [4.69, 9.17) is 26.3 Å². The second-order valence-corrected chi connectivity index (χ2v) is 12.4. The van der Waals surface area contributed by atoms with E-state index in [0.717, 1.165) is 35.8 Å². The number of nitriles is 1. The molecule has 1 saturated carbocycles. The molecular formula is C30H36ClN3O5S. The van der Waals surface area contributed by atoms with Crippen molar-refractivity contribution in [3.05, 3.63) is 64.7 Å². The van der Waals surface area contributed by atoms with Crippen LogP contribution in [0.25, 0.3) is 6.08 Å². The van der Waals surface area contributed by atoms with Crippen molar-refractivity contribution in [1.82, 2.24) is 4.90 Å². The van der Waals surface area contributed by atoms with Crippen LogP contribution in [0, 0.1) is 11.3 Å². The fourth-order valence-electron chi connectivity index (χ4n) is 5.35. The molecular weight excluding hydrogens is 550 g/mol. The monoisotopic (exact) mass is 585 g/mol. The summed E-state index contributed by atoms with van der Waals surface area (Å²) in [6.07, 6.45) is 10.5. The van der Waals surface area contributed by atoms with Crippen LogP contribution < -0.4 is 9.04 Å². The molecule has 1 aliphatic heterocycles. The van der Waals surface area contributed by atoms with Gasteiger partial charge < -0.3 is 14.4 Å². The van der Waals surface area contributed by atoms with Crippen LogP contribution in [-0.4, -0.2) is 63.4 Å². The third kappa shape index (κ3) is 8.00. The second kappa shape index (κ2) is 14.0. The van der Waals surface area contributed by atoms with Crippen molar-refractivity contribution in [2.75, 3.05) is 36.3 Å². The van der Waals surface area contributed by atoms with Crippen LogP contribution in [0.2, 0.25) is 5.02 Å². The Hall–Kier alpha value is -3.06. The van der Waals surface area contributed by atoms with Crippen molar-refractivity contribution in [1.29, 1.82) is 5.26 Å². The van der Waals surface area contributed by atoms with E-state index in [1.165, 1.54) is 25.7 Å². The van der Waals surface area contributed by atoms with Gasteiger partial charge in [0.25, 0.3) is 0 Å². The number of sulfonamides is 1. The molecule has 0 radical (unpaired) electrons. The fourth-order valence-corrected chi connectivity index (χ4v) is 6.86. The Morgan fingerprint density at radius 3 is 2.58 bits per heavy atom. The summed E-state index contributed by atoms with van der Waals surface area (Å²) in [7, 11) is -4.09. The van der Waals surface area contributed by atoms with E-state index >= 15 is 0 Å². The van der Waals surface area contributed by atoms with E-state index in [9.17, 15) is 13.2 Å². The number of ether oxygens (including phenoxy) is 2. The summed E-state index contributed by atoms with van der Waals surface area (Å²) in [5.74, 6) is -1.11. The molecule has 0 N–H and O–H groups in total. The summed E-state index contributed by atoms with van der Waals surface area (Å²) < 4.78 is 38.8. The minimum atomic E-state index is -4.09. The normalized spacial score (nSPS) is 17.1. The summed E-state index contributed by atoms with van der Waals surface area (Å²) in [6, 6.07) is 14.6. The summed E-state index contributed by atoms with van der Waals surface area (Å²) in [6.45, 7) is 3.68. The number of nitrogens with zero attached hydrogens (tertiary/aromatic N) is 3. The molecule has 4 rings (SSSR count). The van der Waals surface area contributed by atoms with Crippen LogP contribution in [0.3, 0.4) is 0 Å². The summed E-state index contributed by atoms with van der Waals surface area (Å²) in [5.41, 5.74) is 1.57. The fraction of sp³-hybridized carbons (Fsp3) is 0.467. The molecule has 0 atom stereocenters. The first-order valence-electron chi connectivity index (χ1n) is 13.8. The molecule has 0 aromatic heterocycles. The van der Waals surface area contributed by atoms with Gasteiger partial charge in [-0.3, -0.25) is 9.10 Å². The summed E-state index contributed by atoms with van der Waals surface area (Å²) in [5, 5.41) is 9.44. The van der Waals surface area contributed by atoms with Crippen LogP contribution in [0.15, 0.2) is 48.5 Å². The predicted octanol–water partition coefficient (Wildman–Crippen LogP) is 5.41. The lowest BCUT2D eigenvalue weighted by molar-refractivity contribution is -0.139. The van der Waals surface area contributed by atoms with Gasteiger partial charge in [0.1, 0.15) is 11.9 Å². The first kappa shape index (κ1) is 29.9. The molecule has 2 aromatic rings. The molecule has 1 heterocycles. The van der Waals surface area contributed by atoms with Crippen molar-refractivity contribution in [3.8, 4) is 11.8 Å². The molecule has 0 amide bonds. The number of carbonyl (C=O) groups is 1. The van der Waals surface area contributed by atoms with Crippen LogP contribution in [-0.2, 0) is 19.6 Å². The number of carbonyl (C=O) groups excluding carboxylic acids is 1. The van der Waals surface area contributed by atoms with E-state index in [-0.39, 0.29) is 19.3 Å². The number of likely N-dealkylation sites (tertiary alicyclic amines) is 1. The van der Waals surface area contributed by atoms with Gasteiger partial charge >= 0.3 is 5.97 Å². The molecule has 214 valence electrons. The average molecular weight is 586 g/mol. The highest BCUT2D eigenvalue weighted by Crippen LogP contribution is 2.33. The van der Waals surface area contributed by atoms with Gasteiger partial charge in [-0.05, 0) is 68.5 Å². The average Bonchev–Trinajstić information content (AvgIpc) is 3.48. The molecule has 8 nitrogen and oxygen atoms in total. The number of piperidine rings is 1. The van der Waals surface area contributed by atoms with Crippen LogP contribution >= 0.6 is 11.6 Å². The molecule has 1 aliphatic carbocycles. The van der Waals surface area contributed by atoms with Gasteiger partial charge in [0.15, 0.2) is 5.75 Å². The van der Waals surface area contributed by atoms with Crippen molar-refractivity contribution >= 4 is 39.4 Å². The first-order valence-corrected chi connectivity index (χ1v) is 15.8. The number of hydrogen-bond donors (Lipinski definition) is 0. The molecule has 2 aromatic carbocycles. The number of hydrogen-bond acceptors (Lipinski definition) is 7. The van der Waals surface area contributed by atoms with E-state index in [1.54, 1.807) is 55.5 Å². The van der Waals surface area contributed by atoms with Gasteiger partial charge in [-0.2, -0.15) is 5.26 Å². The molecule has 2 fully saturated rings. The Balaban J connectivity index is 1.48. The largest absolute Gasteiger partial charge is 0.489 e. The Morgan fingerprint density at radius 2 is 1.90 bits per heavy atom. The van der Waals surface area contributed by atoms with Crippen molar-refractivity contribution < 1.29 is 22.7 Å². The Labute approximate surface area is 242 Å². The van der Waals surface area contributed by atoms with Gasteiger partial charge in [0.2, 0.25) is 10.0 Å². The van der Waals surface area contributed by atoms with Gasteiger partial charge in [0, 0.05) is 19.1 Å². The molecule has 40 heavy (non-hydrogen) atoms. The first-order chi connectivity index (χ1) is 19.3. The van der Waals surface area contributed by atoms with E-state index < -0.39 is 21.7 Å². The van der Waals surface area contributed by atoms with E-state index in [1.807, 2.05) is 6.07 Å². The molecule has 0 unspecified atom stereocenters. The maximum Gasteiger partial charge on any atom is 0.323 e. The highest BCUT2D eigenvalue weighted by molar-refractivity contribution is 7.93. The van der Waals surface area contributed by atoms with Gasteiger partial charge in [0.05, 0.1) is 35.5 Å². The van der Waals surface area contributed by atoms with Crippen LogP contribution in [0.5, 0.6) is 5.75 Å².